The van der Waals surface area contributed by atoms with Gasteiger partial charge in [-0.1, -0.05) is 18.5 Å². The van der Waals surface area contributed by atoms with Crippen molar-refractivity contribution in [1.82, 2.24) is 5.32 Å². The zero-order chi connectivity index (χ0) is 14.4. The molecular formula is C16H26ClNOS. The Morgan fingerprint density at radius 3 is 3.00 bits per heavy atom. The summed E-state index contributed by atoms with van der Waals surface area (Å²) in [5, 5.41) is 6.77. The van der Waals surface area contributed by atoms with Crippen LogP contribution in [0.3, 0.4) is 0 Å². The lowest BCUT2D eigenvalue weighted by Gasteiger charge is -2.19. The van der Waals surface area contributed by atoms with Crippen molar-refractivity contribution in [3.63, 3.8) is 0 Å². The Morgan fingerprint density at radius 2 is 2.40 bits per heavy atom. The summed E-state index contributed by atoms with van der Waals surface area (Å²) in [6.07, 6.45) is 7.68. The van der Waals surface area contributed by atoms with Crippen LogP contribution < -0.4 is 5.32 Å². The Kier molecular flexibility index (Phi) is 6.82. The molecule has 1 N–H and O–H groups in total. The molecule has 1 fully saturated rings. The molecule has 2 atom stereocenters. The minimum Gasteiger partial charge on any atom is -0.378 e. The van der Waals surface area contributed by atoms with Gasteiger partial charge in [-0.05, 0) is 62.9 Å². The highest BCUT2D eigenvalue weighted by Crippen LogP contribution is 2.35. The lowest BCUT2D eigenvalue weighted by molar-refractivity contribution is 0.101. The van der Waals surface area contributed by atoms with Gasteiger partial charge in [0.15, 0.2) is 0 Å². The third-order valence-corrected chi connectivity index (χ3v) is 5.75. The Labute approximate surface area is 131 Å². The van der Waals surface area contributed by atoms with Crippen molar-refractivity contribution < 1.29 is 4.74 Å². The normalized spacial score (nSPS) is 20.4. The molecule has 0 radical (unpaired) electrons. The fourth-order valence-corrected chi connectivity index (χ4v) is 4.19. The van der Waals surface area contributed by atoms with Crippen LogP contribution in [0.5, 0.6) is 0 Å². The molecule has 4 heteroatoms. The maximum atomic E-state index is 6.43. The predicted molar refractivity (Wildman–Crippen MR) is 87.9 cm³/mol. The van der Waals surface area contributed by atoms with E-state index in [2.05, 4.69) is 24.5 Å². The summed E-state index contributed by atoms with van der Waals surface area (Å²) in [5.41, 5.74) is 1.20. The third kappa shape index (κ3) is 4.45. The van der Waals surface area contributed by atoms with Crippen LogP contribution in [0.2, 0.25) is 5.02 Å². The number of hydrogen-bond acceptors (Lipinski definition) is 3. The van der Waals surface area contributed by atoms with E-state index < -0.39 is 0 Å². The Balaban J connectivity index is 1.87. The molecule has 0 aliphatic carbocycles. The summed E-state index contributed by atoms with van der Waals surface area (Å²) in [6, 6.07) is 0.405. The van der Waals surface area contributed by atoms with Gasteiger partial charge in [-0.25, -0.2) is 0 Å². The molecule has 0 spiro atoms. The fraction of sp³-hybridized carbons (Fsp3) is 0.750. The van der Waals surface area contributed by atoms with E-state index in [0.717, 1.165) is 31.0 Å². The van der Waals surface area contributed by atoms with E-state index in [1.807, 2.05) is 0 Å². The van der Waals surface area contributed by atoms with Gasteiger partial charge in [0.05, 0.1) is 11.1 Å². The average molecular weight is 316 g/mol. The molecule has 0 aromatic carbocycles. The molecule has 2 rings (SSSR count). The first kappa shape index (κ1) is 16.3. The Morgan fingerprint density at radius 1 is 1.55 bits per heavy atom. The quantitative estimate of drug-likeness (QED) is 0.720. The van der Waals surface area contributed by atoms with Gasteiger partial charge in [0, 0.05) is 17.5 Å². The third-order valence-electron chi connectivity index (χ3n) is 3.93. The second kappa shape index (κ2) is 8.38. The molecule has 1 aromatic rings. The summed E-state index contributed by atoms with van der Waals surface area (Å²) in [6.45, 7) is 6.30. The zero-order valence-corrected chi connectivity index (χ0v) is 14.2. The van der Waals surface area contributed by atoms with Crippen molar-refractivity contribution in [1.29, 1.82) is 0 Å². The van der Waals surface area contributed by atoms with Gasteiger partial charge in [0.25, 0.3) is 0 Å². The lowest BCUT2D eigenvalue weighted by Crippen LogP contribution is -2.22. The minimum atomic E-state index is 0.405. The number of hydrogen-bond donors (Lipinski definition) is 1. The Bertz CT molecular complexity index is 401. The van der Waals surface area contributed by atoms with E-state index in [1.165, 1.54) is 36.1 Å². The van der Waals surface area contributed by atoms with Crippen molar-refractivity contribution in [2.45, 2.75) is 64.5 Å². The van der Waals surface area contributed by atoms with Gasteiger partial charge < -0.3 is 10.1 Å². The number of nitrogens with one attached hydrogen (secondary N) is 1. The molecule has 2 unspecified atom stereocenters. The topological polar surface area (TPSA) is 21.3 Å². The number of halogens is 1. The van der Waals surface area contributed by atoms with E-state index >= 15 is 0 Å². The van der Waals surface area contributed by atoms with E-state index in [4.69, 9.17) is 16.3 Å². The summed E-state index contributed by atoms with van der Waals surface area (Å²) >= 11 is 8.23. The number of rotatable bonds is 8. The van der Waals surface area contributed by atoms with Crippen LogP contribution in [0, 0.1) is 6.92 Å². The van der Waals surface area contributed by atoms with Gasteiger partial charge >= 0.3 is 0 Å². The van der Waals surface area contributed by atoms with Crippen LogP contribution >= 0.6 is 22.9 Å². The van der Waals surface area contributed by atoms with Crippen molar-refractivity contribution in [3.8, 4) is 0 Å². The van der Waals surface area contributed by atoms with Gasteiger partial charge in [-0.15, -0.1) is 11.3 Å². The van der Waals surface area contributed by atoms with Crippen LogP contribution in [0.1, 0.15) is 61.9 Å². The highest BCUT2D eigenvalue weighted by molar-refractivity contribution is 7.10. The van der Waals surface area contributed by atoms with Crippen molar-refractivity contribution >= 4 is 22.9 Å². The highest BCUT2D eigenvalue weighted by Gasteiger charge is 2.19. The second-order valence-corrected chi connectivity index (χ2v) is 6.96. The highest BCUT2D eigenvalue weighted by atomic mass is 35.5. The molecule has 20 heavy (non-hydrogen) atoms. The molecule has 2 heterocycles. The zero-order valence-electron chi connectivity index (χ0n) is 12.6. The van der Waals surface area contributed by atoms with Crippen molar-refractivity contribution in [2.24, 2.45) is 0 Å². The number of ether oxygens (including phenoxy) is 1. The number of thiophene rings is 1. The molecule has 0 saturated carbocycles. The number of aryl methyl sites for hydroxylation is 1. The van der Waals surface area contributed by atoms with Gasteiger partial charge in [0.2, 0.25) is 0 Å². The molecule has 1 aromatic heterocycles. The summed E-state index contributed by atoms with van der Waals surface area (Å²) < 4.78 is 5.71. The second-order valence-electron chi connectivity index (χ2n) is 5.67. The molecule has 1 aliphatic heterocycles. The summed E-state index contributed by atoms with van der Waals surface area (Å²) in [4.78, 5) is 1.31. The molecule has 0 amide bonds. The predicted octanol–water partition coefficient (Wildman–Crippen LogP) is 5.10. The molecule has 1 saturated heterocycles. The SMILES string of the molecule is CCCNC(CCCC1CCCO1)c1scc(C)c1Cl. The monoisotopic (exact) mass is 315 g/mol. The maximum Gasteiger partial charge on any atom is 0.0590 e. The van der Waals surface area contributed by atoms with Crippen LogP contribution in [0.4, 0.5) is 0 Å². The van der Waals surface area contributed by atoms with Crippen LogP contribution in [-0.2, 0) is 4.74 Å². The average Bonchev–Trinajstić information content (AvgIpc) is 3.06. The van der Waals surface area contributed by atoms with Gasteiger partial charge in [-0.3, -0.25) is 0 Å². The molecular weight excluding hydrogens is 290 g/mol. The molecule has 2 nitrogen and oxygen atoms in total. The van der Waals surface area contributed by atoms with Crippen LogP contribution in [0.15, 0.2) is 5.38 Å². The summed E-state index contributed by atoms with van der Waals surface area (Å²) in [5.74, 6) is 0. The van der Waals surface area contributed by atoms with E-state index in [0.29, 0.717) is 12.1 Å². The van der Waals surface area contributed by atoms with Crippen molar-refractivity contribution in [3.05, 3.63) is 20.8 Å². The minimum absolute atomic E-state index is 0.405. The van der Waals surface area contributed by atoms with Crippen molar-refractivity contribution in [2.75, 3.05) is 13.2 Å². The Hall–Kier alpha value is -0.0900. The van der Waals surface area contributed by atoms with E-state index in [9.17, 15) is 0 Å². The molecule has 0 bridgehead atoms. The van der Waals surface area contributed by atoms with Crippen LogP contribution in [0.25, 0.3) is 0 Å². The maximum absolute atomic E-state index is 6.43. The fourth-order valence-electron chi connectivity index (χ4n) is 2.75. The first-order valence-corrected chi connectivity index (χ1v) is 9.06. The van der Waals surface area contributed by atoms with E-state index in [-0.39, 0.29) is 0 Å². The smallest absolute Gasteiger partial charge is 0.0590 e. The molecule has 1 aliphatic rings. The van der Waals surface area contributed by atoms with Gasteiger partial charge in [0.1, 0.15) is 0 Å². The largest absolute Gasteiger partial charge is 0.378 e. The lowest BCUT2D eigenvalue weighted by atomic mass is 10.0. The molecule has 114 valence electrons. The standard InChI is InChI=1S/C16H26ClNOS/c1-3-9-18-14(16-15(17)12(2)11-20-16)8-4-6-13-7-5-10-19-13/h11,13-14,18H,3-10H2,1-2H3. The first-order valence-electron chi connectivity index (χ1n) is 7.80. The van der Waals surface area contributed by atoms with Crippen LogP contribution in [-0.4, -0.2) is 19.3 Å². The first-order chi connectivity index (χ1) is 9.72. The summed E-state index contributed by atoms with van der Waals surface area (Å²) in [7, 11) is 0. The van der Waals surface area contributed by atoms with Gasteiger partial charge in [-0.2, -0.15) is 0 Å². The van der Waals surface area contributed by atoms with E-state index in [1.54, 1.807) is 11.3 Å².